The molecule has 1 aromatic heterocycles. The lowest BCUT2D eigenvalue weighted by Crippen LogP contribution is -2.38. The fourth-order valence-corrected chi connectivity index (χ4v) is 4.53. The molecule has 0 amide bonds. The van der Waals surface area contributed by atoms with Crippen LogP contribution in [0.5, 0.6) is 0 Å². The third-order valence-electron chi connectivity index (χ3n) is 4.42. The summed E-state index contributed by atoms with van der Waals surface area (Å²) in [4.78, 5) is 11.7. The van der Waals surface area contributed by atoms with Crippen molar-refractivity contribution in [3.05, 3.63) is 45.9 Å². The first kappa shape index (κ1) is 23.3. The van der Waals surface area contributed by atoms with Crippen LogP contribution in [-0.2, 0) is 13.0 Å². The van der Waals surface area contributed by atoms with Crippen LogP contribution >= 0.6 is 47.1 Å². The maximum atomic E-state index is 4.72. The van der Waals surface area contributed by atoms with E-state index in [0.717, 1.165) is 49.3 Å². The van der Waals surface area contributed by atoms with E-state index in [-0.39, 0.29) is 24.0 Å². The highest BCUT2D eigenvalue weighted by atomic mass is 127. The summed E-state index contributed by atoms with van der Waals surface area (Å²) in [5.41, 5.74) is 3.71. The van der Waals surface area contributed by atoms with Gasteiger partial charge in [-0.3, -0.25) is 0 Å². The number of thiazole rings is 1. The van der Waals surface area contributed by atoms with Crippen molar-refractivity contribution >= 4 is 58.7 Å². The van der Waals surface area contributed by atoms with Gasteiger partial charge >= 0.3 is 0 Å². The van der Waals surface area contributed by atoms with Gasteiger partial charge in [0.25, 0.3) is 0 Å². The highest BCUT2D eigenvalue weighted by molar-refractivity contribution is 14.0. The van der Waals surface area contributed by atoms with Crippen LogP contribution in [0, 0.1) is 6.92 Å². The number of guanidine groups is 1. The number of anilines is 1. The second kappa shape index (κ2) is 12.5. The van der Waals surface area contributed by atoms with E-state index in [2.05, 4.69) is 57.1 Å². The van der Waals surface area contributed by atoms with Gasteiger partial charge in [-0.25, -0.2) is 9.98 Å². The van der Waals surface area contributed by atoms with Crippen molar-refractivity contribution < 1.29 is 0 Å². The quantitative estimate of drug-likeness (QED) is 0.322. The van der Waals surface area contributed by atoms with Crippen molar-refractivity contribution in [3.8, 4) is 0 Å². The number of nitrogens with one attached hydrogen (secondary N) is 2. The van der Waals surface area contributed by atoms with Crippen molar-refractivity contribution in [2.45, 2.75) is 26.8 Å². The molecule has 1 fully saturated rings. The molecular weight excluding hydrogens is 501 g/mol. The first-order chi connectivity index (χ1) is 13.2. The molecule has 0 spiro atoms. The first-order valence-electron chi connectivity index (χ1n) is 9.59. The normalized spacial score (nSPS) is 14.5. The summed E-state index contributed by atoms with van der Waals surface area (Å²) >= 11 is 3.74. The van der Waals surface area contributed by atoms with Gasteiger partial charge in [0, 0.05) is 55.2 Å². The molecule has 28 heavy (non-hydrogen) atoms. The van der Waals surface area contributed by atoms with Gasteiger partial charge in [-0.2, -0.15) is 11.8 Å². The molecular formula is C20H30IN5S2. The molecule has 3 rings (SSSR count). The van der Waals surface area contributed by atoms with Gasteiger partial charge in [0.05, 0.1) is 17.2 Å². The lowest BCUT2D eigenvalue weighted by Gasteiger charge is -2.28. The van der Waals surface area contributed by atoms with Crippen molar-refractivity contribution in [2.75, 3.05) is 42.6 Å². The number of hydrogen-bond acceptors (Lipinski definition) is 5. The van der Waals surface area contributed by atoms with Crippen LogP contribution in [0.1, 0.15) is 23.2 Å². The maximum Gasteiger partial charge on any atom is 0.191 e. The molecule has 0 saturated carbocycles. The average Bonchev–Trinajstić information content (AvgIpc) is 3.12. The van der Waals surface area contributed by atoms with Crippen LogP contribution in [0.15, 0.2) is 34.6 Å². The summed E-state index contributed by atoms with van der Waals surface area (Å²) in [7, 11) is 0. The smallest absolute Gasteiger partial charge is 0.191 e. The Hall–Kier alpha value is -1.00. The molecule has 2 aromatic rings. The van der Waals surface area contributed by atoms with Gasteiger partial charge in [-0.15, -0.1) is 35.3 Å². The number of thioether (sulfide) groups is 1. The van der Waals surface area contributed by atoms with Crippen LogP contribution in [-0.4, -0.2) is 48.6 Å². The number of aromatic nitrogens is 1. The number of benzene rings is 1. The van der Waals surface area contributed by atoms with Gasteiger partial charge in [0.15, 0.2) is 5.96 Å². The Bertz CT molecular complexity index is 726. The zero-order valence-corrected chi connectivity index (χ0v) is 20.6. The largest absolute Gasteiger partial charge is 0.370 e. The molecule has 154 valence electrons. The van der Waals surface area contributed by atoms with Gasteiger partial charge in [-0.1, -0.05) is 12.1 Å². The fourth-order valence-electron chi connectivity index (χ4n) is 2.98. The van der Waals surface area contributed by atoms with E-state index in [4.69, 9.17) is 4.99 Å². The maximum absolute atomic E-state index is 4.72. The molecule has 0 atom stereocenters. The molecule has 0 aliphatic carbocycles. The predicted molar refractivity (Wildman–Crippen MR) is 135 cm³/mol. The van der Waals surface area contributed by atoms with Gasteiger partial charge in [-0.05, 0) is 31.5 Å². The Labute approximate surface area is 193 Å². The van der Waals surface area contributed by atoms with Crippen molar-refractivity contribution in [1.29, 1.82) is 0 Å². The molecule has 1 aliphatic heterocycles. The summed E-state index contributed by atoms with van der Waals surface area (Å²) < 4.78 is 0. The number of nitrogens with zero attached hydrogens (tertiary/aromatic N) is 3. The predicted octanol–water partition coefficient (Wildman–Crippen LogP) is 3.92. The topological polar surface area (TPSA) is 52.6 Å². The van der Waals surface area contributed by atoms with Crippen molar-refractivity contribution in [1.82, 2.24) is 15.6 Å². The summed E-state index contributed by atoms with van der Waals surface area (Å²) in [6, 6.07) is 8.85. The van der Waals surface area contributed by atoms with Gasteiger partial charge in [0.2, 0.25) is 0 Å². The van der Waals surface area contributed by atoms with Crippen molar-refractivity contribution in [2.24, 2.45) is 4.99 Å². The molecule has 1 aromatic carbocycles. The molecule has 1 aliphatic rings. The molecule has 0 radical (unpaired) electrons. The van der Waals surface area contributed by atoms with E-state index >= 15 is 0 Å². The molecule has 1 saturated heterocycles. The minimum Gasteiger partial charge on any atom is -0.370 e. The van der Waals surface area contributed by atoms with E-state index in [1.807, 2.05) is 18.7 Å². The van der Waals surface area contributed by atoms with E-state index < -0.39 is 0 Å². The highest BCUT2D eigenvalue weighted by Crippen LogP contribution is 2.20. The number of halogens is 1. The van der Waals surface area contributed by atoms with E-state index in [0.29, 0.717) is 6.54 Å². The van der Waals surface area contributed by atoms with E-state index in [1.54, 1.807) is 11.3 Å². The standard InChI is InChI=1S/C20H29N5S2.HI/c1-3-21-20(22-9-8-18-15-27-16(2)24-18)23-14-17-4-6-19(7-5-17)25-10-12-26-13-11-25;/h4-7,15H,3,8-14H2,1-2H3,(H2,21,22,23);1H. The summed E-state index contributed by atoms with van der Waals surface area (Å²) in [5.74, 6) is 3.32. The Morgan fingerprint density at radius 2 is 1.93 bits per heavy atom. The first-order valence-corrected chi connectivity index (χ1v) is 11.6. The minimum absolute atomic E-state index is 0. The lowest BCUT2D eigenvalue weighted by molar-refractivity contribution is 0.790. The minimum atomic E-state index is 0. The third-order valence-corrected chi connectivity index (χ3v) is 6.18. The lowest BCUT2D eigenvalue weighted by atomic mass is 10.2. The fraction of sp³-hybridized carbons (Fsp3) is 0.500. The van der Waals surface area contributed by atoms with E-state index in [1.165, 1.54) is 22.8 Å². The molecule has 5 nitrogen and oxygen atoms in total. The van der Waals surface area contributed by atoms with Crippen molar-refractivity contribution in [3.63, 3.8) is 0 Å². The Kier molecular flexibility index (Phi) is 10.4. The van der Waals surface area contributed by atoms with Gasteiger partial charge < -0.3 is 15.5 Å². The summed E-state index contributed by atoms with van der Waals surface area (Å²) in [6.45, 7) is 8.80. The van der Waals surface area contributed by atoms with Crippen LogP contribution in [0.2, 0.25) is 0 Å². The molecule has 0 bridgehead atoms. The molecule has 2 heterocycles. The molecule has 0 unspecified atom stereocenters. The second-order valence-corrected chi connectivity index (χ2v) is 8.78. The average molecular weight is 532 g/mol. The Morgan fingerprint density at radius 3 is 2.57 bits per heavy atom. The van der Waals surface area contributed by atoms with Gasteiger partial charge in [0.1, 0.15) is 0 Å². The zero-order chi connectivity index (χ0) is 18.9. The van der Waals surface area contributed by atoms with Crippen LogP contribution < -0.4 is 15.5 Å². The number of aryl methyl sites for hydroxylation is 1. The SMILES string of the molecule is CCNC(=NCc1ccc(N2CCSCC2)cc1)NCCc1csc(C)n1.I. The summed E-state index contributed by atoms with van der Waals surface area (Å²) in [5, 5.41) is 9.97. The van der Waals surface area contributed by atoms with Crippen LogP contribution in [0.4, 0.5) is 5.69 Å². The number of hydrogen-bond donors (Lipinski definition) is 2. The van der Waals surface area contributed by atoms with Crippen LogP contribution in [0.3, 0.4) is 0 Å². The molecule has 8 heteroatoms. The number of rotatable bonds is 7. The van der Waals surface area contributed by atoms with Crippen LogP contribution in [0.25, 0.3) is 0 Å². The number of aliphatic imine (C=N–C) groups is 1. The Balaban J connectivity index is 0.00000280. The third kappa shape index (κ3) is 7.44. The monoisotopic (exact) mass is 531 g/mol. The second-order valence-electron chi connectivity index (χ2n) is 6.50. The molecule has 2 N–H and O–H groups in total. The highest BCUT2D eigenvalue weighted by Gasteiger charge is 2.10. The summed E-state index contributed by atoms with van der Waals surface area (Å²) in [6.07, 6.45) is 0.914. The van der Waals surface area contributed by atoms with E-state index in [9.17, 15) is 0 Å². The zero-order valence-electron chi connectivity index (χ0n) is 16.6. The Morgan fingerprint density at radius 1 is 1.18 bits per heavy atom.